The fourth-order valence-corrected chi connectivity index (χ4v) is 1.10. The maximum atomic E-state index is 9.32. The summed E-state index contributed by atoms with van der Waals surface area (Å²) in [6.45, 7) is 0. The smallest absolute Gasteiger partial charge is 0.790 e. The van der Waals surface area contributed by atoms with Crippen molar-refractivity contribution < 1.29 is 49.8 Å². The van der Waals surface area contributed by atoms with E-state index in [4.69, 9.17) is 0 Å². The van der Waals surface area contributed by atoms with Crippen LogP contribution in [0.4, 0.5) is 0 Å². The van der Waals surface area contributed by atoms with Gasteiger partial charge >= 0.3 is 16.8 Å². The number of hydrogen-bond acceptors (Lipinski definition) is 7. The van der Waals surface area contributed by atoms with E-state index in [1.54, 1.807) is 0 Å². The number of rotatable bonds is 2. The predicted molar refractivity (Wildman–Crippen MR) is 22.3 cm³/mol. The molecule has 11 heteroatoms. The van der Waals surface area contributed by atoms with Crippen LogP contribution in [-0.2, 0) is 30.2 Å². The molecule has 0 aliphatic rings. The van der Waals surface area contributed by atoms with Gasteiger partial charge in [-0.3, -0.25) is 0 Å². The van der Waals surface area contributed by atoms with Gasteiger partial charge in [-0.15, -0.1) is 0 Å². The molecule has 0 radical (unpaired) electrons. The molecule has 0 unspecified atom stereocenters. The zero-order valence-corrected chi connectivity index (χ0v) is 7.92. The molecule has 0 aliphatic carbocycles. The summed E-state index contributed by atoms with van der Waals surface area (Å²) in [5.74, 6) is 0. The molecule has 70 valence electrons. The summed E-state index contributed by atoms with van der Waals surface area (Å²) in [4.78, 5) is 37.3. The molecule has 0 aromatic rings. The maximum absolute atomic E-state index is 9.32. The van der Waals surface area contributed by atoms with Crippen LogP contribution in [-0.4, -0.2) is 0 Å². The third-order valence-corrected chi connectivity index (χ3v) is 1.80. The first-order valence-electron chi connectivity index (χ1n) is 1.46. The second kappa shape index (κ2) is 5.39. The summed E-state index contributed by atoms with van der Waals surface area (Å²) < 4.78 is 21.2. The summed E-state index contributed by atoms with van der Waals surface area (Å²) in [5.41, 5.74) is 0. The van der Waals surface area contributed by atoms with E-state index in [1.807, 2.05) is 0 Å². The average Bonchev–Trinajstić information content (AvgIpc) is 1.14. The zero-order chi connectivity index (χ0) is 7.71. The van der Waals surface area contributed by atoms with Gasteiger partial charge in [0.2, 0.25) is 0 Å². The minimum absolute atomic E-state index is 0. The number of quaternary nitrogens is 1. The third kappa shape index (κ3) is 18.1. The van der Waals surface area contributed by atoms with E-state index in [0.717, 1.165) is 0 Å². The normalized spacial score (nSPS) is 11.3. The van der Waals surface area contributed by atoms with Crippen LogP contribution in [0.3, 0.4) is 0 Å². The van der Waals surface area contributed by atoms with Crippen molar-refractivity contribution in [1.29, 1.82) is 0 Å². The van der Waals surface area contributed by atoms with Gasteiger partial charge in [0.1, 0.15) is 0 Å². The molecule has 0 spiro atoms. The Morgan fingerprint density at radius 2 is 1.09 bits per heavy atom. The van der Waals surface area contributed by atoms with E-state index in [2.05, 4.69) is 4.31 Å². The third-order valence-electron chi connectivity index (χ3n) is 0.200. The van der Waals surface area contributed by atoms with E-state index in [-0.39, 0.29) is 22.9 Å². The molecule has 0 bridgehead atoms. The molecule has 0 aromatic heterocycles. The van der Waals surface area contributed by atoms with Crippen molar-refractivity contribution >= 4 is 15.6 Å². The van der Waals surface area contributed by atoms with Crippen LogP contribution in [0.25, 0.3) is 0 Å². The summed E-state index contributed by atoms with van der Waals surface area (Å²) >= 11 is 0. The molecule has 0 amide bonds. The van der Waals surface area contributed by atoms with Crippen molar-refractivity contribution in [3.05, 3.63) is 0 Å². The minimum Gasteiger partial charge on any atom is -0.790 e. The Balaban J connectivity index is -0.000000320. The Morgan fingerprint density at radius 1 is 0.909 bits per heavy atom. The van der Waals surface area contributed by atoms with E-state index >= 15 is 0 Å². The topological polar surface area (TPSA) is 172 Å². The molecule has 0 atom stereocenters. The monoisotopic (exact) mass is 251 g/mol. The predicted octanol–water partition coefficient (Wildman–Crippen LogP) is -2.97. The zero-order valence-electron chi connectivity index (χ0n) is 5.09. The average molecular weight is 251 g/mol. The van der Waals surface area contributed by atoms with Gasteiger partial charge in [0, 0.05) is 0 Å². The second-order valence-electron chi connectivity index (χ2n) is 0.976. The van der Waals surface area contributed by atoms with Crippen LogP contribution in [0.5, 0.6) is 0 Å². The van der Waals surface area contributed by atoms with Crippen LogP contribution in [0.15, 0.2) is 0 Å². The molecule has 0 heterocycles. The Morgan fingerprint density at radius 3 is 1.09 bits per heavy atom. The largest absolute Gasteiger partial charge is 3.00 e. The molecule has 0 fully saturated rings. The Bertz CT molecular complexity index is 157. The van der Waals surface area contributed by atoms with E-state index < -0.39 is 15.6 Å². The Labute approximate surface area is 72.2 Å². The molecule has 8 nitrogen and oxygen atoms in total. The molecular weight excluding hydrogens is 247 g/mol. The molecule has 0 rings (SSSR count). The van der Waals surface area contributed by atoms with Crippen LogP contribution in [0, 0.1) is 0 Å². The van der Waals surface area contributed by atoms with Gasteiger partial charge in [-0.05, 0) is 0 Å². The maximum Gasteiger partial charge on any atom is 3.00 e. The fraction of sp³-hybridized carbons (Fsp3) is 0. The van der Waals surface area contributed by atoms with Gasteiger partial charge in [-0.2, -0.15) is 0 Å². The number of hydrogen-bond donors (Lipinski definition) is 1. The van der Waals surface area contributed by atoms with Crippen molar-refractivity contribution in [2.24, 2.45) is 0 Å². The standard InChI is InChI=1S/Co.H3N.H4O7P2/c;;1-8(2,3)7-9(4,5)6/h;1H3;(H2,1,2,3)(H2,4,5,6)/q+3;;/p-3. The fourth-order valence-electron chi connectivity index (χ4n) is 0.122. The summed E-state index contributed by atoms with van der Waals surface area (Å²) in [5, 5.41) is 0. The summed E-state index contributed by atoms with van der Waals surface area (Å²) in [6.07, 6.45) is 0. The first-order chi connectivity index (χ1) is 3.71. The molecule has 0 aromatic carbocycles. The molecule has 4 N–H and O–H groups in total. The van der Waals surface area contributed by atoms with Gasteiger partial charge in [-0.1, -0.05) is 0 Å². The first kappa shape index (κ1) is 17.7. The van der Waals surface area contributed by atoms with Crippen molar-refractivity contribution in [3.63, 3.8) is 0 Å². The molecule has 0 saturated heterocycles. The van der Waals surface area contributed by atoms with E-state index in [1.165, 1.54) is 0 Å². The molecule has 0 saturated carbocycles. The van der Waals surface area contributed by atoms with Gasteiger partial charge < -0.3 is 39.2 Å². The molecular formula is H4CoNO7P2. The van der Waals surface area contributed by atoms with Crippen molar-refractivity contribution in [1.82, 2.24) is 6.15 Å². The van der Waals surface area contributed by atoms with Crippen LogP contribution in [0.2, 0.25) is 0 Å². The second-order valence-corrected chi connectivity index (χ2v) is 3.42. The van der Waals surface area contributed by atoms with Crippen molar-refractivity contribution in [2.75, 3.05) is 0 Å². The minimum atomic E-state index is -5.68. The summed E-state index contributed by atoms with van der Waals surface area (Å²) in [7, 11) is -11.4. The van der Waals surface area contributed by atoms with Gasteiger partial charge in [0.25, 0.3) is 0 Å². The SMILES string of the molecule is O=P([O-])([O-])OP(=O)([O-])[O-].[Co+3].[NH4+]. The van der Waals surface area contributed by atoms with Gasteiger partial charge in [0.15, 0.2) is 0 Å². The molecule has 0 aliphatic heterocycles. The molecule has 11 heavy (non-hydrogen) atoms. The van der Waals surface area contributed by atoms with Crippen LogP contribution >= 0.6 is 15.6 Å². The van der Waals surface area contributed by atoms with E-state index in [9.17, 15) is 28.7 Å². The van der Waals surface area contributed by atoms with Crippen LogP contribution < -0.4 is 25.7 Å². The Hall–Kier alpha value is 0.726. The quantitative estimate of drug-likeness (QED) is 0.510. The van der Waals surface area contributed by atoms with Crippen molar-refractivity contribution in [2.45, 2.75) is 0 Å². The van der Waals surface area contributed by atoms with Gasteiger partial charge in [-0.25, -0.2) is 0 Å². The first-order valence-corrected chi connectivity index (χ1v) is 4.38. The Kier molecular flexibility index (Phi) is 8.67. The number of phosphoric acid groups is 2. The van der Waals surface area contributed by atoms with Crippen molar-refractivity contribution in [3.8, 4) is 0 Å². The van der Waals surface area contributed by atoms with Crippen LogP contribution in [0.1, 0.15) is 0 Å². The van der Waals surface area contributed by atoms with Gasteiger partial charge in [0.05, 0.1) is 15.6 Å². The van der Waals surface area contributed by atoms with E-state index in [0.29, 0.717) is 0 Å². The summed E-state index contributed by atoms with van der Waals surface area (Å²) in [6, 6.07) is 0.